The first-order valence-electron chi connectivity index (χ1n) is 7.00. The zero-order chi connectivity index (χ0) is 12.8. The molecule has 0 aliphatic carbocycles. The van der Waals surface area contributed by atoms with Crippen LogP contribution in [-0.4, -0.2) is 61.4 Å². The molecule has 0 spiro atoms. The molecule has 1 unspecified atom stereocenters. The summed E-state index contributed by atoms with van der Waals surface area (Å²) >= 11 is 0. The molecule has 0 amide bonds. The molecule has 2 aliphatic heterocycles. The Bertz CT molecular complexity index is 267. The van der Waals surface area contributed by atoms with E-state index in [-0.39, 0.29) is 6.54 Å². The van der Waals surface area contributed by atoms with Gasteiger partial charge in [-0.15, -0.1) is 0 Å². The summed E-state index contributed by atoms with van der Waals surface area (Å²) in [6.07, 6.45) is 4.74. The summed E-state index contributed by atoms with van der Waals surface area (Å²) in [5, 5.41) is 11.6. The highest BCUT2D eigenvalue weighted by molar-refractivity contribution is 5.68. The van der Waals surface area contributed by atoms with E-state index in [0.717, 1.165) is 39.1 Å². The fourth-order valence-corrected chi connectivity index (χ4v) is 3.03. The molecular formula is C13H24N2O3. The van der Waals surface area contributed by atoms with Gasteiger partial charge in [-0.2, -0.15) is 0 Å². The standard InChI is InChI=1S/C13H24N2O3/c16-13(17)9-14-8-11-2-1-5-15(10-11)12-3-6-18-7-4-12/h11-12,14H,1-10H2,(H,16,17). The average molecular weight is 256 g/mol. The fraction of sp³-hybridized carbons (Fsp3) is 0.923. The van der Waals surface area contributed by atoms with Crippen molar-refractivity contribution in [3.63, 3.8) is 0 Å². The first kappa shape index (κ1) is 13.8. The van der Waals surface area contributed by atoms with Crippen LogP contribution in [-0.2, 0) is 9.53 Å². The highest BCUT2D eigenvalue weighted by atomic mass is 16.5. The molecule has 5 heteroatoms. The predicted molar refractivity (Wildman–Crippen MR) is 68.6 cm³/mol. The zero-order valence-electron chi connectivity index (χ0n) is 10.9. The Hall–Kier alpha value is -0.650. The third-order valence-corrected chi connectivity index (χ3v) is 3.97. The van der Waals surface area contributed by atoms with Crippen LogP contribution in [0.1, 0.15) is 25.7 Å². The van der Waals surface area contributed by atoms with E-state index in [1.165, 1.54) is 19.4 Å². The van der Waals surface area contributed by atoms with Crippen molar-refractivity contribution in [2.75, 3.05) is 39.4 Å². The lowest BCUT2D eigenvalue weighted by Crippen LogP contribution is -2.47. The van der Waals surface area contributed by atoms with Gasteiger partial charge in [-0.25, -0.2) is 0 Å². The minimum atomic E-state index is -0.771. The Morgan fingerprint density at radius 1 is 1.33 bits per heavy atom. The van der Waals surface area contributed by atoms with Gasteiger partial charge in [0.25, 0.3) is 0 Å². The third-order valence-electron chi connectivity index (χ3n) is 3.97. The van der Waals surface area contributed by atoms with Crippen LogP contribution in [0, 0.1) is 5.92 Å². The van der Waals surface area contributed by atoms with Crippen LogP contribution < -0.4 is 5.32 Å². The topological polar surface area (TPSA) is 61.8 Å². The first-order valence-corrected chi connectivity index (χ1v) is 7.00. The van der Waals surface area contributed by atoms with Gasteiger partial charge in [0.1, 0.15) is 0 Å². The second-order valence-corrected chi connectivity index (χ2v) is 5.37. The molecule has 0 saturated carbocycles. The van der Waals surface area contributed by atoms with Crippen molar-refractivity contribution in [3.05, 3.63) is 0 Å². The van der Waals surface area contributed by atoms with Gasteiger partial charge in [0.2, 0.25) is 0 Å². The van der Waals surface area contributed by atoms with E-state index in [4.69, 9.17) is 9.84 Å². The fourth-order valence-electron chi connectivity index (χ4n) is 3.03. The molecule has 5 nitrogen and oxygen atoms in total. The minimum absolute atomic E-state index is 0.0772. The van der Waals surface area contributed by atoms with Crippen molar-refractivity contribution < 1.29 is 14.6 Å². The highest BCUT2D eigenvalue weighted by Gasteiger charge is 2.26. The minimum Gasteiger partial charge on any atom is -0.480 e. The lowest BCUT2D eigenvalue weighted by atomic mass is 9.95. The van der Waals surface area contributed by atoms with E-state index in [1.54, 1.807) is 0 Å². The van der Waals surface area contributed by atoms with Gasteiger partial charge in [0.05, 0.1) is 6.54 Å². The van der Waals surface area contributed by atoms with E-state index in [0.29, 0.717) is 12.0 Å². The molecule has 0 aromatic carbocycles. The number of ether oxygens (including phenoxy) is 1. The number of carbonyl (C=O) groups is 1. The van der Waals surface area contributed by atoms with E-state index < -0.39 is 5.97 Å². The largest absolute Gasteiger partial charge is 0.480 e. The molecule has 2 aliphatic rings. The van der Waals surface area contributed by atoms with Crippen LogP contribution in [0.3, 0.4) is 0 Å². The second kappa shape index (κ2) is 7.07. The van der Waals surface area contributed by atoms with Gasteiger partial charge in [-0.1, -0.05) is 0 Å². The Balaban J connectivity index is 1.71. The predicted octanol–water partition coefficient (Wildman–Crippen LogP) is 0.552. The van der Waals surface area contributed by atoms with Gasteiger partial charge >= 0.3 is 5.97 Å². The smallest absolute Gasteiger partial charge is 0.317 e. The van der Waals surface area contributed by atoms with E-state index >= 15 is 0 Å². The Labute approximate surface area is 108 Å². The number of likely N-dealkylation sites (tertiary alicyclic amines) is 1. The van der Waals surface area contributed by atoms with Gasteiger partial charge in [-0.3, -0.25) is 9.69 Å². The summed E-state index contributed by atoms with van der Waals surface area (Å²) < 4.78 is 5.40. The van der Waals surface area contributed by atoms with Crippen LogP contribution in [0.4, 0.5) is 0 Å². The highest BCUT2D eigenvalue weighted by Crippen LogP contribution is 2.22. The molecule has 0 aromatic rings. The quantitative estimate of drug-likeness (QED) is 0.752. The van der Waals surface area contributed by atoms with Crippen molar-refractivity contribution in [1.82, 2.24) is 10.2 Å². The molecule has 2 fully saturated rings. The number of hydrogen-bond acceptors (Lipinski definition) is 4. The number of carboxylic acid groups (broad SMARTS) is 1. The Morgan fingerprint density at radius 2 is 2.11 bits per heavy atom. The van der Waals surface area contributed by atoms with Crippen LogP contribution >= 0.6 is 0 Å². The first-order chi connectivity index (χ1) is 8.75. The van der Waals surface area contributed by atoms with Crippen molar-refractivity contribution in [2.24, 2.45) is 5.92 Å². The van der Waals surface area contributed by atoms with Crippen molar-refractivity contribution >= 4 is 5.97 Å². The number of rotatable bonds is 5. The average Bonchev–Trinajstić information content (AvgIpc) is 2.40. The number of carboxylic acids is 1. The summed E-state index contributed by atoms with van der Waals surface area (Å²) in [4.78, 5) is 13.0. The summed E-state index contributed by atoms with van der Waals surface area (Å²) in [6, 6.07) is 0.682. The van der Waals surface area contributed by atoms with Gasteiger partial charge in [0.15, 0.2) is 0 Å². The van der Waals surface area contributed by atoms with Crippen molar-refractivity contribution in [1.29, 1.82) is 0 Å². The molecule has 18 heavy (non-hydrogen) atoms. The Morgan fingerprint density at radius 3 is 2.83 bits per heavy atom. The second-order valence-electron chi connectivity index (χ2n) is 5.37. The SMILES string of the molecule is O=C(O)CNCC1CCCN(C2CCOCC2)C1. The lowest BCUT2D eigenvalue weighted by molar-refractivity contribution is -0.136. The van der Waals surface area contributed by atoms with Crippen LogP contribution in [0.2, 0.25) is 0 Å². The molecule has 0 radical (unpaired) electrons. The number of nitrogens with one attached hydrogen (secondary N) is 1. The summed E-state index contributed by atoms with van der Waals surface area (Å²) in [7, 11) is 0. The van der Waals surface area contributed by atoms with Gasteiger partial charge in [-0.05, 0) is 44.7 Å². The molecule has 2 saturated heterocycles. The molecule has 104 valence electrons. The summed E-state index contributed by atoms with van der Waals surface area (Å²) in [5.41, 5.74) is 0. The molecule has 1 atom stereocenters. The maximum atomic E-state index is 10.5. The molecule has 0 aromatic heterocycles. The van der Waals surface area contributed by atoms with Crippen molar-refractivity contribution in [3.8, 4) is 0 Å². The molecular weight excluding hydrogens is 232 g/mol. The third kappa shape index (κ3) is 4.23. The van der Waals surface area contributed by atoms with Crippen LogP contribution in [0.5, 0.6) is 0 Å². The summed E-state index contributed by atoms with van der Waals surface area (Å²) in [5.74, 6) is -0.173. The monoisotopic (exact) mass is 256 g/mol. The van der Waals surface area contributed by atoms with E-state index in [1.807, 2.05) is 0 Å². The van der Waals surface area contributed by atoms with E-state index in [2.05, 4.69) is 10.2 Å². The number of nitrogens with zero attached hydrogens (tertiary/aromatic N) is 1. The van der Waals surface area contributed by atoms with Crippen LogP contribution in [0.25, 0.3) is 0 Å². The van der Waals surface area contributed by atoms with Crippen LogP contribution in [0.15, 0.2) is 0 Å². The molecule has 2 rings (SSSR count). The molecule has 2 N–H and O–H groups in total. The maximum Gasteiger partial charge on any atom is 0.317 e. The van der Waals surface area contributed by atoms with Gasteiger partial charge in [0, 0.05) is 25.8 Å². The maximum absolute atomic E-state index is 10.5. The van der Waals surface area contributed by atoms with E-state index in [9.17, 15) is 4.79 Å². The molecule has 2 heterocycles. The molecule has 0 bridgehead atoms. The number of hydrogen-bond donors (Lipinski definition) is 2. The zero-order valence-corrected chi connectivity index (χ0v) is 10.9. The lowest BCUT2D eigenvalue weighted by Gasteiger charge is -2.40. The number of piperidine rings is 1. The normalized spacial score (nSPS) is 27.2. The summed E-state index contributed by atoms with van der Waals surface area (Å²) in [6.45, 7) is 4.99. The number of aliphatic carboxylic acids is 1. The Kier molecular flexibility index (Phi) is 5.41. The van der Waals surface area contributed by atoms with Crippen molar-refractivity contribution in [2.45, 2.75) is 31.7 Å². The van der Waals surface area contributed by atoms with Gasteiger partial charge < -0.3 is 15.2 Å².